The molecule has 0 unspecified atom stereocenters. The Bertz CT molecular complexity index is 385. The van der Waals surface area contributed by atoms with E-state index in [1.807, 2.05) is 12.1 Å². The standard InChI is InChI=1S/C12H13BrN.Y/c1-12(2)7-9(8-13)10-5-3-4-6-11(10)14-12;/h4-7,14H,8H2,1-2H3;/q-1;. The van der Waals surface area contributed by atoms with Gasteiger partial charge in [-0.1, -0.05) is 33.3 Å². The number of hydrogen-bond donors (Lipinski definition) is 1. The molecule has 1 aromatic carbocycles. The summed E-state index contributed by atoms with van der Waals surface area (Å²) in [5.74, 6) is 0. The van der Waals surface area contributed by atoms with Gasteiger partial charge in [-0.15, -0.1) is 11.6 Å². The molecule has 0 atom stereocenters. The van der Waals surface area contributed by atoms with Crippen molar-refractivity contribution in [3.8, 4) is 0 Å². The van der Waals surface area contributed by atoms with Crippen molar-refractivity contribution in [1.29, 1.82) is 0 Å². The van der Waals surface area contributed by atoms with Gasteiger partial charge in [0.25, 0.3) is 0 Å². The fraction of sp³-hybridized carbons (Fsp3) is 0.333. The Morgan fingerprint density at radius 1 is 1.47 bits per heavy atom. The number of halogens is 1. The predicted octanol–water partition coefficient (Wildman–Crippen LogP) is 3.47. The van der Waals surface area contributed by atoms with E-state index in [0.29, 0.717) is 0 Å². The number of allylic oxidation sites excluding steroid dienone is 1. The summed E-state index contributed by atoms with van der Waals surface area (Å²) >= 11 is 3.52. The van der Waals surface area contributed by atoms with Crippen LogP contribution in [0.3, 0.4) is 0 Å². The molecule has 0 aromatic heterocycles. The van der Waals surface area contributed by atoms with Crippen molar-refractivity contribution in [2.45, 2.75) is 19.4 Å². The van der Waals surface area contributed by atoms with Gasteiger partial charge in [0.2, 0.25) is 0 Å². The number of anilines is 1. The molecule has 0 spiro atoms. The van der Waals surface area contributed by atoms with E-state index in [2.05, 4.69) is 53.3 Å². The third kappa shape index (κ3) is 2.92. The van der Waals surface area contributed by atoms with E-state index in [1.165, 1.54) is 16.8 Å². The molecule has 1 aliphatic heterocycles. The van der Waals surface area contributed by atoms with Gasteiger partial charge in [0.15, 0.2) is 0 Å². The zero-order valence-electron chi connectivity index (χ0n) is 8.97. The summed E-state index contributed by atoms with van der Waals surface area (Å²) in [5.41, 5.74) is 3.83. The average molecular weight is 340 g/mol. The summed E-state index contributed by atoms with van der Waals surface area (Å²) in [6.45, 7) is 4.35. The summed E-state index contributed by atoms with van der Waals surface area (Å²) in [6.07, 6.45) is 2.26. The molecule has 15 heavy (non-hydrogen) atoms. The maximum Gasteiger partial charge on any atom is 0.0475 e. The third-order valence-electron chi connectivity index (χ3n) is 2.35. The van der Waals surface area contributed by atoms with Gasteiger partial charge in [-0.25, -0.2) is 0 Å². The summed E-state index contributed by atoms with van der Waals surface area (Å²) in [7, 11) is 0. The molecule has 0 saturated carbocycles. The molecule has 77 valence electrons. The minimum absolute atomic E-state index is 0. The molecular weight excluding hydrogens is 327 g/mol. The van der Waals surface area contributed by atoms with E-state index >= 15 is 0 Å². The van der Waals surface area contributed by atoms with Crippen LogP contribution >= 0.6 is 15.9 Å². The van der Waals surface area contributed by atoms with Gasteiger partial charge in [0.05, 0.1) is 0 Å². The second kappa shape index (κ2) is 5.12. The molecule has 0 bridgehead atoms. The third-order valence-corrected chi connectivity index (χ3v) is 2.95. The molecule has 1 radical (unpaired) electrons. The fourth-order valence-electron chi connectivity index (χ4n) is 1.81. The van der Waals surface area contributed by atoms with Gasteiger partial charge in [-0.3, -0.25) is 0 Å². The Morgan fingerprint density at radius 2 is 2.20 bits per heavy atom. The fourth-order valence-corrected chi connectivity index (χ4v) is 2.28. The Kier molecular flexibility index (Phi) is 4.57. The Hall–Kier alpha value is 0.344. The van der Waals surface area contributed by atoms with Gasteiger partial charge in [0.1, 0.15) is 0 Å². The maximum absolute atomic E-state index is 3.52. The second-order valence-corrected chi connectivity index (χ2v) is 4.68. The van der Waals surface area contributed by atoms with Crippen molar-refractivity contribution in [2.24, 2.45) is 0 Å². The molecule has 1 nitrogen and oxygen atoms in total. The van der Waals surface area contributed by atoms with Crippen LogP contribution in [0, 0.1) is 6.07 Å². The van der Waals surface area contributed by atoms with Gasteiger partial charge in [0, 0.05) is 43.6 Å². The van der Waals surface area contributed by atoms with Crippen LogP contribution in [0.4, 0.5) is 5.69 Å². The minimum Gasteiger partial charge on any atom is -0.398 e. The van der Waals surface area contributed by atoms with Crippen LogP contribution in [0.2, 0.25) is 0 Å². The van der Waals surface area contributed by atoms with E-state index < -0.39 is 0 Å². The first-order valence-electron chi connectivity index (χ1n) is 4.69. The van der Waals surface area contributed by atoms with Crippen LogP contribution in [0.1, 0.15) is 19.4 Å². The summed E-state index contributed by atoms with van der Waals surface area (Å²) in [4.78, 5) is 0. The zero-order valence-corrected chi connectivity index (χ0v) is 13.4. The molecule has 1 aliphatic rings. The molecule has 0 saturated heterocycles. The van der Waals surface area contributed by atoms with E-state index in [0.717, 1.165) is 5.33 Å². The molecule has 3 heteroatoms. The van der Waals surface area contributed by atoms with Gasteiger partial charge in [-0.05, 0) is 13.8 Å². The van der Waals surface area contributed by atoms with Crippen molar-refractivity contribution in [1.82, 2.24) is 0 Å². The number of benzene rings is 1. The van der Waals surface area contributed by atoms with E-state index in [-0.39, 0.29) is 38.2 Å². The molecule has 0 fully saturated rings. The molecule has 1 heterocycles. The molecule has 0 amide bonds. The van der Waals surface area contributed by atoms with Crippen molar-refractivity contribution in [3.05, 3.63) is 35.9 Å². The van der Waals surface area contributed by atoms with Crippen LogP contribution in [0.25, 0.3) is 5.57 Å². The molecule has 0 aliphatic carbocycles. The van der Waals surface area contributed by atoms with Gasteiger partial charge >= 0.3 is 0 Å². The number of nitrogens with one attached hydrogen (secondary N) is 1. The topological polar surface area (TPSA) is 12.0 Å². The second-order valence-electron chi connectivity index (χ2n) is 4.12. The zero-order chi connectivity index (χ0) is 10.2. The van der Waals surface area contributed by atoms with Crippen LogP contribution < -0.4 is 5.32 Å². The van der Waals surface area contributed by atoms with Crippen molar-refractivity contribution < 1.29 is 32.7 Å². The van der Waals surface area contributed by atoms with Crippen molar-refractivity contribution in [2.75, 3.05) is 10.6 Å². The largest absolute Gasteiger partial charge is 0.398 e. The van der Waals surface area contributed by atoms with Crippen LogP contribution in [-0.2, 0) is 32.7 Å². The first kappa shape index (κ1) is 13.4. The molecule has 1 N–H and O–H groups in total. The molecule has 1 aromatic rings. The average Bonchev–Trinajstić information content (AvgIpc) is 2.15. The Labute approximate surface area is 125 Å². The maximum atomic E-state index is 3.52. The van der Waals surface area contributed by atoms with Gasteiger partial charge in [-0.2, -0.15) is 18.2 Å². The number of rotatable bonds is 1. The van der Waals surface area contributed by atoms with E-state index in [9.17, 15) is 0 Å². The summed E-state index contributed by atoms with van der Waals surface area (Å²) in [6, 6.07) is 9.16. The van der Waals surface area contributed by atoms with E-state index in [4.69, 9.17) is 0 Å². The molecular formula is C12H13BrNY-. The van der Waals surface area contributed by atoms with Crippen molar-refractivity contribution in [3.63, 3.8) is 0 Å². The first-order chi connectivity index (χ1) is 6.62. The number of alkyl halides is 1. The number of fused-ring (bicyclic) bond motifs is 1. The summed E-state index contributed by atoms with van der Waals surface area (Å²) < 4.78 is 0. The summed E-state index contributed by atoms with van der Waals surface area (Å²) in [5, 5.41) is 4.38. The normalized spacial score (nSPS) is 16.9. The van der Waals surface area contributed by atoms with Crippen LogP contribution in [0.5, 0.6) is 0 Å². The SMILES string of the molecule is CC1(C)C=C(CBr)c2c[c-]ccc2N1.[Y]. The van der Waals surface area contributed by atoms with Crippen LogP contribution in [-0.4, -0.2) is 10.9 Å². The molecule has 2 rings (SSSR count). The van der Waals surface area contributed by atoms with E-state index in [1.54, 1.807) is 0 Å². The Morgan fingerprint density at radius 3 is 2.87 bits per heavy atom. The van der Waals surface area contributed by atoms with Crippen LogP contribution in [0.15, 0.2) is 24.3 Å². The first-order valence-corrected chi connectivity index (χ1v) is 5.81. The monoisotopic (exact) mass is 339 g/mol. The predicted molar refractivity (Wildman–Crippen MR) is 64.8 cm³/mol. The van der Waals surface area contributed by atoms with Gasteiger partial charge < -0.3 is 5.32 Å². The minimum atomic E-state index is 0. The van der Waals surface area contributed by atoms with Crippen molar-refractivity contribution >= 4 is 27.2 Å². The quantitative estimate of drug-likeness (QED) is 0.610. The smallest absolute Gasteiger partial charge is 0.0475 e. The number of hydrogen-bond acceptors (Lipinski definition) is 1. The Balaban J connectivity index is 0.00000112.